The van der Waals surface area contributed by atoms with E-state index in [1.165, 1.54) is 19.3 Å². The summed E-state index contributed by atoms with van der Waals surface area (Å²) in [4.78, 5) is 4.24. The SMILES string of the molecule is c1cc2c(s1)CC(N1CCOCC1)CC2. The number of nitrogens with zero attached hydrogens (tertiary/aromatic N) is 1. The van der Waals surface area contributed by atoms with Crippen LogP contribution >= 0.6 is 11.3 Å². The largest absolute Gasteiger partial charge is 0.379 e. The second kappa shape index (κ2) is 4.24. The van der Waals surface area contributed by atoms with Crippen LogP contribution in [-0.4, -0.2) is 37.2 Å². The Morgan fingerprint density at radius 2 is 2.20 bits per heavy atom. The lowest BCUT2D eigenvalue weighted by molar-refractivity contribution is 0.0140. The molecule has 0 spiro atoms. The summed E-state index contributed by atoms with van der Waals surface area (Å²) >= 11 is 1.94. The molecule has 1 aromatic heterocycles. The molecule has 15 heavy (non-hydrogen) atoms. The summed E-state index contributed by atoms with van der Waals surface area (Å²) in [7, 11) is 0. The number of morpholine rings is 1. The molecule has 0 N–H and O–H groups in total. The topological polar surface area (TPSA) is 12.5 Å². The minimum Gasteiger partial charge on any atom is -0.379 e. The predicted molar refractivity (Wildman–Crippen MR) is 62.5 cm³/mol. The lowest BCUT2D eigenvalue weighted by Crippen LogP contribution is -2.45. The second-order valence-corrected chi connectivity index (χ2v) is 5.41. The molecule has 3 heteroatoms. The summed E-state index contributed by atoms with van der Waals surface area (Å²) in [6.45, 7) is 4.11. The number of hydrogen-bond donors (Lipinski definition) is 0. The van der Waals surface area contributed by atoms with Crippen molar-refractivity contribution in [2.24, 2.45) is 0 Å². The third-order valence-corrected chi connectivity index (χ3v) is 4.55. The number of fused-ring (bicyclic) bond motifs is 1. The highest BCUT2D eigenvalue weighted by Gasteiger charge is 2.25. The van der Waals surface area contributed by atoms with E-state index in [0.717, 1.165) is 32.3 Å². The Bertz CT molecular complexity index is 330. The van der Waals surface area contributed by atoms with Crippen LogP contribution in [0, 0.1) is 0 Å². The van der Waals surface area contributed by atoms with E-state index in [1.54, 1.807) is 10.4 Å². The van der Waals surface area contributed by atoms with Gasteiger partial charge in [0.25, 0.3) is 0 Å². The number of hydrogen-bond acceptors (Lipinski definition) is 3. The molecule has 3 rings (SSSR count). The molecule has 0 saturated carbocycles. The Morgan fingerprint density at radius 3 is 3.07 bits per heavy atom. The summed E-state index contributed by atoms with van der Waals surface area (Å²) in [6.07, 6.45) is 3.89. The molecule has 2 heterocycles. The molecule has 2 aliphatic rings. The van der Waals surface area contributed by atoms with Crippen LogP contribution in [0.5, 0.6) is 0 Å². The third-order valence-electron chi connectivity index (χ3n) is 3.57. The number of aryl methyl sites for hydroxylation is 1. The highest BCUT2D eigenvalue weighted by molar-refractivity contribution is 7.10. The van der Waals surface area contributed by atoms with Gasteiger partial charge in [-0.2, -0.15) is 0 Å². The van der Waals surface area contributed by atoms with Gasteiger partial charge in [-0.05, 0) is 36.3 Å². The monoisotopic (exact) mass is 223 g/mol. The Hall–Kier alpha value is -0.380. The van der Waals surface area contributed by atoms with E-state index in [2.05, 4.69) is 16.3 Å². The second-order valence-electron chi connectivity index (χ2n) is 4.41. The first-order chi connectivity index (χ1) is 7.43. The number of rotatable bonds is 1. The fourth-order valence-corrected chi connectivity index (χ4v) is 3.67. The molecule has 1 unspecified atom stereocenters. The minimum absolute atomic E-state index is 0.778. The van der Waals surface area contributed by atoms with Gasteiger partial charge in [0, 0.05) is 24.0 Å². The minimum atomic E-state index is 0.778. The van der Waals surface area contributed by atoms with Crippen molar-refractivity contribution in [3.8, 4) is 0 Å². The Balaban J connectivity index is 1.69. The molecule has 0 amide bonds. The lowest BCUT2D eigenvalue weighted by atomic mass is 9.93. The molecule has 1 atom stereocenters. The van der Waals surface area contributed by atoms with E-state index in [9.17, 15) is 0 Å². The van der Waals surface area contributed by atoms with Crippen LogP contribution in [0.1, 0.15) is 16.9 Å². The fourth-order valence-electron chi connectivity index (χ4n) is 2.66. The molecule has 82 valence electrons. The van der Waals surface area contributed by atoms with Gasteiger partial charge in [0.1, 0.15) is 0 Å². The average molecular weight is 223 g/mol. The highest BCUT2D eigenvalue weighted by Crippen LogP contribution is 2.28. The molecule has 1 saturated heterocycles. The van der Waals surface area contributed by atoms with Crippen LogP contribution in [-0.2, 0) is 17.6 Å². The molecule has 2 nitrogen and oxygen atoms in total. The van der Waals surface area contributed by atoms with Gasteiger partial charge in [-0.3, -0.25) is 4.90 Å². The predicted octanol–water partition coefficient (Wildman–Crippen LogP) is 1.94. The van der Waals surface area contributed by atoms with Crippen molar-refractivity contribution in [1.82, 2.24) is 4.90 Å². The van der Waals surface area contributed by atoms with Crippen LogP contribution in [0.2, 0.25) is 0 Å². The van der Waals surface area contributed by atoms with E-state index < -0.39 is 0 Å². The summed E-state index contributed by atoms with van der Waals surface area (Å²) in [5.74, 6) is 0. The van der Waals surface area contributed by atoms with Crippen LogP contribution in [0.25, 0.3) is 0 Å². The van der Waals surface area contributed by atoms with E-state index in [-0.39, 0.29) is 0 Å². The molecule has 0 radical (unpaired) electrons. The van der Waals surface area contributed by atoms with Crippen LogP contribution in [0.15, 0.2) is 11.4 Å². The van der Waals surface area contributed by atoms with Gasteiger partial charge in [0.05, 0.1) is 13.2 Å². The first kappa shape index (κ1) is 9.82. The standard InChI is InChI=1S/C12H17NOS/c1-2-11(13-4-6-14-7-5-13)9-12-10(1)3-8-15-12/h3,8,11H,1-2,4-7,9H2. The van der Waals surface area contributed by atoms with Crippen molar-refractivity contribution in [3.05, 3.63) is 21.9 Å². The van der Waals surface area contributed by atoms with Crippen molar-refractivity contribution in [1.29, 1.82) is 0 Å². The Morgan fingerprint density at radius 1 is 1.33 bits per heavy atom. The summed E-state index contributed by atoms with van der Waals surface area (Å²) in [5.41, 5.74) is 1.60. The van der Waals surface area contributed by atoms with Gasteiger partial charge in [-0.25, -0.2) is 0 Å². The molecule has 1 fully saturated rings. The summed E-state index contributed by atoms with van der Waals surface area (Å²) < 4.78 is 5.41. The van der Waals surface area contributed by atoms with Crippen molar-refractivity contribution in [2.45, 2.75) is 25.3 Å². The summed E-state index contributed by atoms with van der Waals surface area (Å²) in [6, 6.07) is 3.08. The zero-order valence-corrected chi connectivity index (χ0v) is 9.76. The lowest BCUT2D eigenvalue weighted by Gasteiger charge is -2.36. The fraction of sp³-hybridized carbons (Fsp3) is 0.667. The van der Waals surface area contributed by atoms with E-state index in [1.807, 2.05) is 11.3 Å². The van der Waals surface area contributed by atoms with Gasteiger partial charge >= 0.3 is 0 Å². The number of thiophene rings is 1. The highest BCUT2D eigenvalue weighted by atomic mass is 32.1. The maximum Gasteiger partial charge on any atom is 0.0594 e. The molecular weight excluding hydrogens is 206 g/mol. The molecule has 1 aliphatic heterocycles. The smallest absolute Gasteiger partial charge is 0.0594 e. The third kappa shape index (κ3) is 1.96. The Labute approximate surface area is 94.9 Å². The molecule has 1 aromatic rings. The Kier molecular flexibility index (Phi) is 2.77. The van der Waals surface area contributed by atoms with E-state index in [4.69, 9.17) is 4.74 Å². The van der Waals surface area contributed by atoms with Crippen LogP contribution in [0.4, 0.5) is 0 Å². The molecule has 0 bridgehead atoms. The average Bonchev–Trinajstić information content (AvgIpc) is 2.77. The zero-order chi connectivity index (χ0) is 10.1. The first-order valence-electron chi connectivity index (χ1n) is 5.80. The van der Waals surface area contributed by atoms with Gasteiger partial charge in [0.15, 0.2) is 0 Å². The first-order valence-corrected chi connectivity index (χ1v) is 6.68. The van der Waals surface area contributed by atoms with Crippen molar-refractivity contribution >= 4 is 11.3 Å². The van der Waals surface area contributed by atoms with Crippen molar-refractivity contribution in [2.75, 3.05) is 26.3 Å². The van der Waals surface area contributed by atoms with Gasteiger partial charge in [-0.15, -0.1) is 11.3 Å². The molecular formula is C12H17NOS. The van der Waals surface area contributed by atoms with Crippen LogP contribution < -0.4 is 0 Å². The van der Waals surface area contributed by atoms with E-state index >= 15 is 0 Å². The van der Waals surface area contributed by atoms with Crippen LogP contribution in [0.3, 0.4) is 0 Å². The van der Waals surface area contributed by atoms with Crippen molar-refractivity contribution in [3.63, 3.8) is 0 Å². The molecule has 0 aromatic carbocycles. The quantitative estimate of drug-likeness (QED) is 0.721. The maximum absolute atomic E-state index is 5.41. The zero-order valence-electron chi connectivity index (χ0n) is 8.95. The molecule has 1 aliphatic carbocycles. The van der Waals surface area contributed by atoms with Gasteiger partial charge in [0.2, 0.25) is 0 Å². The van der Waals surface area contributed by atoms with Gasteiger partial charge < -0.3 is 4.74 Å². The summed E-state index contributed by atoms with van der Waals surface area (Å²) in [5, 5.41) is 2.24. The van der Waals surface area contributed by atoms with Gasteiger partial charge in [-0.1, -0.05) is 0 Å². The number of ether oxygens (including phenoxy) is 1. The van der Waals surface area contributed by atoms with Crippen molar-refractivity contribution < 1.29 is 4.74 Å². The normalized spacial score (nSPS) is 27.6. The maximum atomic E-state index is 5.41. The van der Waals surface area contributed by atoms with E-state index in [0.29, 0.717) is 0 Å².